The van der Waals surface area contributed by atoms with Gasteiger partial charge in [0, 0.05) is 41.7 Å². The number of para-hydroxylation sites is 1. The number of pyridine rings is 1. The topological polar surface area (TPSA) is 86.9 Å². The second kappa shape index (κ2) is 7.52. The Bertz CT molecular complexity index is 1080. The summed E-state index contributed by atoms with van der Waals surface area (Å²) in [5.74, 6) is -0.232. The van der Waals surface area contributed by atoms with Crippen LogP contribution in [0, 0.1) is 0 Å². The van der Waals surface area contributed by atoms with Crippen molar-refractivity contribution in [3.05, 3.63) is 72.1 Å². The third-order valence-electron chi connectivity index (χ3n) is 4.65. The fraction of sp³-hybridized carbons (Fsp3) is 0.136. The zero-order valence-corrected chi connectivity index (χ0v) is 15.5. The van der Waals surface area contributed by atoms with E-state index in [9.17, 15) is 9.59 Å². The second-order valence-corrected chi connectivity index (χ2v) is 6.55. The van der Waals surface area contributed by atoms with E-state index in [0.717, 1.165) is 34.6 Å². The highest BCUT2D eigenvalue weighted by Gasteiger charge is 2.20. The number of carbonyl (C=O) groups is 2. The van der Waals surface area contributed by atoms with Crippen LogP contribution >= 0.6 is 0 Å². The molecule has 0 aliphatic carbocycles. The Balaban J connectivity index is 1.71. The van der Waals surface area contributed by atoms with E-state index >= 15 is 0 Å². The number of benzene rings is 1. The van der Waals surface area contributed by atoms with Gasteiger partial charge in [-0.2, -0.15) is 0 Å². The zero-order valence-electron chi connectivity index (χ0n) is 15.5. The van der Waals surface area contributed by atoms with E-state index in [1.807, 2.05) is 42.5 Å². The van der Waals surface area contributed by atoms with E-state index in [-0.39, 0.29) is 11.8 Å². The normalized spacial score (nSPS) is 13.2. The number of hydrogen-bond donors (Lipinski definition) is 3. The average molecular weight is 372 g/mol. The SMILES string of the molecule is CC=CC(=O)Nc1ccccc1-c1cc(-c2cc3c([nH]2)CCNC3=O)ccn1. The van der Waals surface area contributed by atoms with Gasteiger partial charge in [0.1, 0.15) is 0 Å². The van der Waals surface area contributed by atoms with Crippen LogP contribution in [0.1, 0.15) is 23.0 Å². The minimum absolute atomic E-state index is 0.0462. The summed E-state index contributed by atoms with van der Waals surface area (Å²) >= 11 is 0. The zero-order chi connectivity index (χ0) is 19.5. The molecule has 0 fully saturated rings. The molecule has 28 heavy (non-hydrogen) atoms. The van der Waals surface area contributed by atoms with Crippen LogP contribution in [0.5, 0.6) is 0 Å². The summed E-state index contributed by atoms with van der Waals surface area (Å²) in [5, 5.41) is 5.75. The van der Waals surface area contributed by atoms with Crippen molar-refractivity contribution in [3.63, 3.8) is 0 Å². The van der Waals surface area contributed by atoms with Crippen molar-refractivity contribution in [2.75, 3.05) is 11.9 Å². The van der Waals surface area contributed by atoms with Crippen molar-refractivity contribution < 1.29 is 9.59 Å². The molecule has 0 spiro atoms. The molecule has 6 nitrogen and oxygen atoms in total. The first-order valence-electron chi connectivity index (χ1n) is 9.15. The number of allylic oxidation sites excluding steroid dienone is 1. The summed E-state index contributed by atoms with van der Waals surface area (Å²) in [6.07, 6.45) is 5.70. The van der Waals surface area contributed by atoms with Crippen LogP contribution in [0.15, 0.2) is 60.8 Å². The third kappa shape index (κ3) is 3.44. The van der Waals surface area contributed by atoms with E-state index in [1.54, 1.807) is 19.2 Å². The van der Waals surface area contributed by atoms with Crippen LogP contribution in [0.25, 0.3) is 22.5 Å². The van der Waals surface area contributed by atoms with Gasteiger partial charge in [-0.25, -0.2) is 0 Å². The van der Waals surface area contributed by atoms with Crippen molar-refractivity contribution in [1.82, 2.24) is 15.3 Å². The third-order valence-corrected chi connectivity index (χ3v) is 4.65. The number of nitrogens with one attached hydrogen (secondary N) is 3. The molecular formula is C22H20N4O2. The van der Waals surface area contributed by atoms with Crippen LogP contribution in [-0.4, -0.2) is 28.3 Å². The lowest BCUT2D eigenvalue weighted by atomic mass is 10.0. The van der Waals surface area contributed by atoms with Crippen molar-refractivity contribution in [1.29, 1.82) is 0 Å². The molecule has 6 heteroatoms. The average Bonchev–Trinajstić information content (AvgIpc) is 3.15. The molecule has 2 amide bonds. The van der Waals surface area contributed by atoms with Gasteiger partial charge in [0.25, 0.3) is 5.91 Å². The molecule has 0 saturated carbocycles. The van der Waals surface area contributed by atoms with Gasteiger partial charge in [-0.1, -0.05) is 24.3 Å². The first-order valence-corrected chi connectivity index (χ1v) is 9.15. The monoisotopic (exact) mass is 372 g/mol. The highest BCUT2D eigenvalue weighted by atomic mass is 16.2. The lowest BCUT2D eigenvalue weighted by Crippen LogP contribution is -2.31. The minimum Gasteiger partial charge on any atom is -0.358 e. The lowest BCUT2D eigenvalue weighted by molar-refractivity contribution is -0.111. The molecule has 2 aromatic heterocycles. The number of rotatable bonds is 4. The Morgan fingerprint density at radius 1 is 1.18 bits per heavy atom. The van der Waals surface area contributed by atoms with E-state index in [0.29, 0.717) is 17.8 Å². The first-order chi connectivity index (χ1) is 13.7. The maximum absolute atomic E-state index is 12.0. The predicted octanol–water partition coefficient (Wildman–Crippen LogP) is 3.54. The minimum atomic E-state index is -0.186. The number of anilines is 1. The fourth-order valence-corrected chi connectivity index (χ4v) is 3.34. The van der Waals surface area contributed by atoms with Gasteiger partial charge in [-0.05, 0) is 37.3 Å². The summed E-state index contributed by atoms with van der Waals surface area (Å²) in [5.41, 5.74) is 5.72. The number of nitrogens with zero attached hydrogens (tertiary/aromatic N) is 1. The fourth-order valence-electron chi connectivity index (χ4n) is 3.34. The van der Waals surface area contributed by atoms with Gasteiger partial charge >= 0.3 is 0 Å². The number of hydrogen-bond acceptors (Lipinski definition) is 3. The van der Waals surface area contributed by atoms with Gasteiger partial charge in [0.2, 0.25) is 5.91 Å². The molecule has 3 heterocycles. The molecule has 0 saturated heterocycles. The predicted molar refractivity (Wildman–Crippen MR) is 109 cm³/mol. The van der Waals surface area contributed by atoms with Crippen molar-refractivity contribution in [3.8, 4) is 22.5 Å². The molecule has 0 bridgehead atoms. The summed E-state index contributed by atoms with van der Waals surface area (Å²) < 4.78 is 0. The molecule has 3 N–H and O–H groups in total. The van der Waals surface area contributed by atoms with Crippen LogP contribution in [0.2, 0.25) is 0 Å². The largest absolute Gasteiger partial charge is 0.358 e. The van der Waals surface area contributed by atoms with Gasteiger partial charge in [0.05, 0.1) is 16.9 Å². The first kappa shape index (κ1) is 17.7. The van der Waals surface area contributed by atoms with E-state index < -0.39 is 0 Å². The Morgan fingerprint density at radius 3 is 2.86 bits per heavy atom. The Labute approximate surface area is 162 Å². The highest BCUT2D eigenvalue weighted by Crippen LogP contribution is 2.30. The molecule has 1 aromatic carbocycles. The van der Waals surface area contributed by atoms with Crippen molar-refractivity contribution >= 4 is 17.5 Å². The number of aromatic amines is 1. The van der Waals surface area contributed by atoms with Crippen LogP contribution in [0.4, 0.5) is 5.69 Å². The van der Waals surface area contributed by atoms with Crippen molar-refractivity contribution in [2.24, 2.45) is 0 Å². The molecule has 3 aromatic rings. The highest BCUT2D eigenvalue weighted by molar-refractivity contribution is 6.02. The van der Waals surface area contributed by atoms with Gasteiger partial charge < -0.3 is 15.6 Å². The maximum Gasteiger partial charge on any atom is 0.253 e. The molecule has 4 rings (SSSR count). The summed E-state index contributed by atoms with van der Waals surface area (Å²) in [6, 6.07) is 13.3. The van der Waals surface area contributed by atoms with Crippen LogP contribution in [-0.2, 0) is 11.2 Å². The second-order valence-electron chi connectivity index (χ2n) is 6.55. The van der Waals surface area contributed by atoms with E-state index in [2.05, 4.69) is 20.6 Å². The van der Waals surface area contributed by atoms with Crippen LogP contribution < -0.4 is 10.6 Å². The van der Waals surface area contributed by atoms with E-state index in [1.165, 1.54) is 6.08 Å². The number of amides is 2. The molecular weight excluding hydrogens is 352 g/mol. The smallest absolute Gasteiger partial charge is 0.253 e. The number of aromatic nitrogens is 2. The lowest BCUT2D eigenvalue weighted by Gasteiger charge is -2.11. The Hall–Kier alpha value is -3.67. The van der Waals surface area contributed by atoms with Gasteiger partial charge in [-0.15, -0.1) is 0 Å². The number of H-pyrrole nitrogens is 1. The van der Waals surface area contributed by atoms with Crippen molar-refractivity contribution in [2.45, 2.75) is 13.3 Å². The summed E-state index contributed by atoms with van der Waals surface area (Å²) in [7, 11) is 0. The quantitative estimate of drug-likeness (QED) is 0.612. The number of fused-ring (bicyclic) bond motifs is 1. The molecule has 0 atom stereocenters. The van der Waals surface area contributed by atoms with E-state index in [4.69, 9.17) is 0 Å². The standard InChI is InChI=1S/C22H20N4O2/c1-2-5-21(27)26-17-7-4-3-6-15(17)20-12-14(8-10-23-20)19-13-16-18(25-19)9-11-24-22(16)28/h2-8,10,12-13,25H,9,11H2,1H3,(H,24,28)(H,26,27). The maximum atomic E-state index is 12.0. The van der Waals surface area contributed by atoms with Crippen LogP contribution in [0.3, 0.4) is 0 Å². The Kier molecular flexibility index (Phi) is 4.76. The van der Waals surface area contributed by atoms with Gasteiger partial charge in [0.15, 0.2) is 0 Å². The molecule has 0 unspecified atom stereocenters. The Morgan fingerprint density at radius 2 is 2.04 bits per heavy atom. The molecule has 0 radical (unpaired) electrons. The molecule has 140 valence electrons. The summed E-state index contributed by atoms with van der Waals surface area (Å²) in [4.78, 5) is 31.8. The number of carbonyl (C=O) groups excluding carboxylic acids is 2. The molecule has 1 aliphatic heterocycles. The van der Waals surface area contributed by atoms with Gasteiger partial charge in [-0.3, -0.25) is 14.6 Å². The molecule has 1 aliphatic rings. The summed E-state index contributed by atoms with van der Waals surface area (Å²) in [6.45, 7) is 2.44.